The van der Waals surface area contributed by atoms with E-state index in [0.29, 0.717) is 6.10 Å². The Morgan fingerprint density at radius 1 is 1.38 bits per heavy atom. The first kappa shape index (κ1) is 11.0. The first-order chi connectivity index (χ1) is 6.36. The van der Waals surface area contributed by atoms with Gasteiger partial charge in [0.25, 0.3) is 0 Å². The Hall–Kier alpha value is -0.120. The van der Waals surface area contributed by atoms with E-state index < -0.39 is 0 Å². The van der Waals surface area contributed by atoms with E-state index in [1.165, 1.54) is 19.3 Å². The smallest absolute Gasteiger partial charge is 0.0597 e. The van der Waals surface area contributed by atoms with E-state index in [0.717, 1.165) is 26.2 Å². The van der Waals surface area contributed by atoms with Gasteiger partial charge in [-0.3, -0.25) is 4.90 Å². The van der Waals surface area contributed by atoms with Crippen LogP contribution in [-0.4, -0.2) is 49.0 Å². The Morgan fingerprint density at radius 2 is 2.15 bits per heavy atom. The molecule has 0 heterocycles. The molecule has 0 atom stereocenters. The maximum absolute atomic E-state index is 8.75. The lowest BCUT2D eigenvalue weighted by Gasteiger charge is -2.27. The lowest BCUT2D eigenvalue weighted by Crippen LogP contribution is -2.32. The van der Waals surface area contributed by atoms with Gasteiger partial charge in [-0.25, -0.2) is 0 Å². The van der Waals surface area contributed by atoms with Crippen LogP contribution in [0.25, 0.3) is 0 Å². The number of hydrogen-bond donors (Lipinski definition) is 1. The highest BCUT2D eigenvalue weighted by molar-refractivity contribution is 4.69. The molecular formula is C10H21NO2. The van der Waals surface area contributed by atoms with Crippen molar-refractivity contribution in [3.8, 4) is 0 Å². The highest BCUT2D eigenvalue weighted by atomic mass is 16.5. The van der Waals surface area contributed by atoms with Gasteiger partial charge < -0.3 is 9.84 Å². The Morgan fingerprint density at radius 3 is 2.62 bits per heavy atom. The number of ether oxygens (including phenoxy) is 1. The van der Waals surface area contributed by atoms with Crippen LogP contribution in [0, 0.1) is 0 Å². The summed E-state index contributed by atoms with van der Waals surface area (Å²) in [6.45, 7) is 5.89. The largest absolute Gasteiger partial charge is 0.395 e. The van der Waals surface area contributed by atoms with Crippen molar-refractivity contribution in [2.45, 2.75) is 32.3 Å². The zero-order chi connectivity index (χ0) is 9.52. The molecule has 1 saturated carbocycles. The average Bonchev–Trinajstić information content (AvgIpc) is 2.07. The fourth-order valence-corrected chi connectivity index (χ4v) is 1.46. The monoisotopic (exact) mass is 187 g/mol. The molecule has 13 heavy (non-hydrogen) atoms. The van der Waals surface area contributed by atoms with E-state index in [4.69, 9.17) is 9.84 Å². The Balaban J connectivity index is 1.94. The zero-order valence-electron chi connectivity index (χ0n) is 8.54. The second-order valence-corrected chi connectivity index (χ2v) is 3.58. The van der Waals surface area contributed by atoms with Gasteiger partial charge in [-0.2, -0.15) is 0 Å². The van der Waals surface area contributed by atoms with Crippen molar-refractivity contribution in [3.05, 3.63) is 0 Å². The molecule has 0 aromatic carbocycles. The van der Waals surface area contributed by atoms with E-state index in [1.807, 2.05) is 0 Å². The third-order valence-electron chi connectivity index (χ3n) is 2.68. The van der Waals surface area contributed by atoms with Gasteiger partial charge in [-0.15, -0.1) is 0 Å². The molecule has 1 rings (SSSR count). The van der Waals surface area contributed by atoms with Crippen LogP contribution in [0.4, 0.5) is 0 Å². The molecule has 3 nitrogen and oxygen atoms in total. The number of likely N-dealkylation sites (N-methyl/N-ethyl adjacent to an activating group) is 1. The van der Waals surface area contributed by atoms with E-state index in [-0.39, 0.29) is 6.61 Å². The first-order valence-electron chi connectivity index (χ1n) is 5.31. The van der Waals surface area contributed by atoms with Crippen molar-refractivity contribution in [2.75, 3.05) is 32.8 Å². The lowest BCUT2D eigenvalue weighted by molar-refractivity contribution is -0.00806. The van der Waals surface area contributed by atoms with Crippen LogP contribution in [0.2, 0.25) is 0 Å². The quantitative estimate of drug-likeness (QED) is 0.642. The van der Waals surface area contributed by atoms with E-state index in [9.17, 15) is 0 Å². The molecule has 0 bridgehead atoms. The molecular weight excluding hydrogens is 166 g/mol. The Kier molecular flexibility index (Phi) is 5.35. The van der Waals surface area contributed by atoms with Crippen LogP contribution in [0.15, 0.2) is 0 Å². The highest BCUT2D eigenvalue weighted by Crippen LogP contribution is 2.21. The third-order valence-corrected chi connectivity index (χ3v) is 2.68. The normalized spacial score (nSPS) is 17.8. The predicted octanol–water partition coefficient (Wildman–Crippen LogP) is 0.870. The second kappa shape index (κ2) is 6.35. The van der Waals surface area contributed by atoms with Gasteiger partial charge in [-0.1, -0.05) is 6.92 Å². The average molecular weight is 187 g/mol. The van der Waals surface area contributed by atoms with Crippen LogP contribution < -0.4 is 0 Å². The number of hydrogen-bond acceptors (Lipinski definition) is 3. The van der Waals surface area contributed by atoms with Gasteiger partial charge >= 0.3 is 0 Å². The number of nitrogens with zero attached hydrogens (tertiary/aromatic N) is 1. The number of rotatable bonds is 7. The van der Waals surface area contributed by atoms with E-state index >= 15 is 0 Å². The minimum atomic E-state index is 0.247. The zero-order valence-corrected chi connectivity index (χ0v) is 8.54. The standard InChI is InChI=1S/C10H21NO2/c1-2-11(6-8-12)7-9-13-10-4-3-5-10/h10,12H,2-9H2,1H3. The predicted molar refractivity (Wildman–Crippen MR) is 52.8 cm³/mol. The molecule has 0 radical (unpaired) electrons. The molecule has 0 amide bonds. The molecule has 1 aliphatic rings. The molecule has 78 valence electrons. The SMILES string of the molecule is CCN(CCO)CCOC1CCC1. The van der Waals surface area contributed by atoms with E-state index in [1.54, 1.807) is 0 Å². The van der Waals surface area contributed by atoms with Crippen LogP contribution in [0.3, 0.4) is 0 Å². The summed E-state index contributed by atoms with van der Waals surface area (Å²) in [5, 5.41) is 8.75. The molecule has 0 aliphatic heterocycles. The van der Waals surface area contributed by atoms with Crippen molar-refractivity contribution in [1.29, 1.82) is 0 Å². The summed E-state index contributed by atoms with van der Waals surface area (Å²) in [6.07, 6.45) is 4.35. The summed E-state index contributed by atoms with van der Waals surface area (Å²) in [5.41, 5.74) is 0. The van der Waals surface area contributed by atoms with Gasteiger partial charge in [0, 0.05) is 13.1 Å². The summed E-state index contributed by atoms with van der Waals surface area (Å²) >= 11 is 0. The maximum atomic E-state index is 8.75. The summed E-state index contributed by atoms with van der Waals surface area (Å²) < 4.78 is 5.63. The molecule has 0 aromatic rings. The molecule has 0 saturated heterocycles. The van der Waals surface area contributed by atoms with Gasteiger partial charge in [0.15, 0.2) is 0 Å². The molecule has 1 fully saturated rings. The van der Waals surface area contributed by atoms with Gasteiger partial charge in [0.05, 0.1) is 19.3 Å². The minimum absolute atomic E-state index is 0.247. The second-order valence-electron chi connectivity index (χ2n) is 3.58. The Bertz CT molecular complexity index is 126. The van der Waals surface area contributed by atoms with E-state index in [2.05, 4.69) is 11.8 Å². The van der Waals surface area contributed by atoms with Crippen LogP contribution in [0.1, 0.15) is 26.2 Å². The Labute approximate surface area is 80.7 Å². The van der Waals surface area contributed by atoms with Crippen LogP contribution in [0.5, 0.6) is 0 Å². The summed E-state index contributed by atoms with van der Waals surface area (Å²) in [6, 6.07) is 0. The third kappa shape index (κ3) is 4.07. The topological polar surface area (TPSA) is 32.7 Å². The fourth-order valence-electron chi connectivity index (χ4n) is 1.46. The van der Waals surface area contributed by atoms with Crippen LogP contribution >= 0.6 is 0 Å². The highest BCUT2D eigenvalue weighted by Gasteiger charge is 2.17. The fraction of sp³-hybridized carbons (Fsp3) is 1.00. The van der Waals surface area contributed by atoms with Crippen molar-refractivity contribution >= 4 is 0 Å². The number of aliphatic hydroxyl groups is 1. The van der Waals surface area contributed by atoms with Crippen LogP contribution in [-0.2, 0) is 4.74 Å². The molecule has 1 N–H and O–H groups in total. The van der Waals surface area contributed by atoms with Crippen molar-refractivity contribution in [1.82, 2.24) is 4.90 Å². The van der Waals surface area contributed by atoms with Gasteiger partial charge in [0.2, 0.25) is 0 Å². The number of aliphatic hydroxyl groups excluding tert-OH is 1. The first-order valence-corrected chi connectivity index (χ1v) is 5.31. The van der Waals surface area contributed by atoms with Crippen molar-refractivity contribution in [2.24, 2.45) is 0 Å². The lowest BCUT2D eigenvalue weighted by atomic mass is 9.96. The molecule has 1 aliphatic carbocycles. The summed E-state index contributed by atoms with van der Waals surface area (Å²) in [4.78, 5) is 2.21. The van der Waals surface area contributed by atoms with Gasteiger partial charge in [-0.05, 0) is 25.8 Å². The molecule has 3 heteroatoms. The molecule has 0 unspecified atom stereocenters. The van der Waals surface area contributed by atoms with Crippen molar-refractivity contribution in [3.63, 3.8) is 0 Å². The maximum Gasteiger partial charge on any atom is 0.0597 e. The molecule has 0 aromatic heterocycles. The van der Waals surface area contributed by atoms with Gasteiger partial charge in [0.1, 0.15) is 0 Å². The summed E-state index contributed by atoms with van der Waals surface area (Å²) in [7, 11) is 0. The van der Waals surface area contributed by atoms with Crippen molar-refractivity contribution < 1.29 is 9.84 Å². The molecule has 0 spiro atoms. The minimum Gasteiger partial charge on any atom is -0.395 e. The summed E-state index contributed by atoms with van der Waals surface area (Å²) in [5.74, 6) is 0.